The Balaban J connectivity index is 2.04. The van der Waals surface area contributed by atoms with Crippen LogP contribution in [0.5, 0.6) is 0 Å². The van der Waals surface area contributed by atoms with Crippen LogP contribution in [0.1, 0.15) is 36.0 Å². The molecule has 0 saturated heterocycles. The molecule has 100 valence electrons. The Bertz CT molecular complexity index is 507. The van der Waals surface area contributed by atoms with E-state index in [0.29, 0.717) is 12.0 Å². The highest BCUT2D eigenvalue weighted by Crippen LogP contribution is 2.27. The summed E-state index contributed by atoms with van der Waals surface area (Å²) in [5, 5.41) is 11.9. The number of ether oxygens (including phenoxy) is 1. The molecule has 0 spiro atoms. The quantitative estimate of drug-likeness (QED) is 0.850. The van der Waals surface area contributed by atoms with E-state index in [9.17, 15) is 9.90 Å². The Morgan fingerprint density at radius 1 is 1.26 bits per heavy atom. The average molecular weight is 276 g/mol. The SMILES string of the molecule is CCC(OC(=O)C(O)c1ccccc1)c1cccs1. The summed E-state index contributed by atoms with van der Waals surface area (Å²) < 4.78 is 5.38. The van der Waals surface area contributed by atoms with Crippen LogP contribution in [0.25, 0.3) is 0 Å². The summed E-state index contributed by atoms with van der Waals surface area (Å²) in [6.07, 6.45) is -0.825. The highest BCUT2D eigenvalue weighted by Gasteiger charge is 2.23. The molecule has 1 heterocycles. The van der Waals surface area contributed by atoms with Crippen molar-refractivity contribution in [2.45, 2.75) is 25.6 Å². The smallest absolute Gasteiger partial charge is 0.340 e. The fourth-order valence-electron chi connectivity index (χ4n) is 1.79. The number of aliphatic hydroxyl groups excluding tert-OH is 1. The van der Waals surface area contributed by atoms with Crippen LogP contribution >= 0.6 is 11.3 Å². The number of carbonyl (C=O) groups excluding carboxylic acids is 1. The first-order valence-corrected chi connectivity index (χ1v) is 7.07. The third-order valence-corrected chi connectivity index (χ3v) is 3.79. The first-order chi connectivity index (χ1) is 9.22. The van der Waals surface area contributed by atoms with Crippen molar-refractivity contribution in [2.75, 3.05) is 0 Å². The van der Waals surface area contributed by atoms with Gasteiger partial charge >= 0.3 is 5.97 Å². The first-order valence-electron chi connectivity index (χ1n) is 6.19. The molecule has 0 aliphatic rings. The zero-order chi connectivity index (χ0) is 13.7. The third kappa shape index (κ3) is 3.43. The average Bonchev–Trinajstić information content (AvgIpc) is 2.98. The van der Waals surface area contributed by atoms with Crippen LogP contribution in [-0.4, -0.2) is 11.1 Å². The second-order valence-corrected chi connectivity index (χ2v) is 5.14. The normalized spacial score (nSPS) is 13.8. The number of aliphatic hydroxyl groups is 1. The lowest BCUT2D eigenvalue weighted by Gasteiger charge is -2.17. The fraction of sp³-hybridized carbons (Fsp3) is 0.267. The predicted octanol–water partition coefficient (Wildman–Crippen LogP) is 3.48. The molecule has 0 bridgehead atoms. The van der Waals surface area contributed by atoms with Crippen molar-refractivity contribution < 1.29 is 14.6 Å². The zero-order valence-corrected chi connectivity index (χ0v) is 11.5. The van der Waals surface area contributed by atoms with Gasteiger partial charge in [-0.05, 0) is 23.4 Å². The summed E-state index contributed by atoms with van der Waals surface area (Å²) in [6.45, 7) is 1.95. The summed E-state index contributed by atoms with van der Waals surface area (Å²) >= 11 is 1.55. The van der Waals surface area contributed by atoms with Crippen LogP contribution in [0, 0.1) is 0 Å². The van der Waals surface area contributed by atoms with Crippen LogP contribution in [0.3, 0.4) is 0 Å². The number of benzene rings is 1. The molecule has 0 saturated carbocycles. The van der Waals surface area contributed by atoms with E-state index in [0.717, 1.165) is 4.88 Å². The van der Waals surface area contributed by atoms with E-state index < -0.39 is 12.1 Å². The molecule has 1 aromatic carbocycles. The van der Waals surface area contributed by atoms with E-state index in [4.69, 9.17) is 4.74 Å². The molecule has 3 nitrogen and oxygen atoms in total. The second kappa shape index (κ2) is 6.50. The van der Waals surface area contributed by atoms with E-state index in [1.165, 1.54) is 0 Å². The maximum absolute atomic E-state index is 11.9. The minimum absolute atomic E-state index is 0.286. The lowest BCUT2D eigenvalue weighted by Crippen LogP contribution is -2.18. The molecule has 0 aliphatic carbocycles. The van der Waals surface area contributed by atoms with Gasteiger partial charge in [-0.2, -0.15) is 0 Å². The molecular formula is C15H16O3S. The van der Waals surface area contributed by atoms with Crippen molar-refractivity contribution in [1.29, 1.82) is 0 Å². The van der Waals surface area contributed by atoms with E-state index >= 15 is 0 Å². The van der Waals surface area contributed by atoms with Crippen LogP contribution in [-0.2, 0) is 9.53 Å². The van der Waals surface area contributed by atoms with E-state index in [2.05, 4.69) is 0 Å². The number of carbonyl (C=O) groups is 1. The largest absolute Gasteiger partial charge is 0.454 e. The van der Waals surface area contributed by atoms with Gasteiger partial charge in [-0.25, -0.2) is 4.79 Å². The molecule has 19 heavy (non-hydrogen) atoms. The molecule has 0 fully saturated rings. The van der Waals surface area contributed by atoms with E-state index in [1.54, 1.807) is 35.6 Å². The first kappa shape index (κ1) is 13.8. The summed E-state index contributed by atoms with van der Waals surface area (Å²) in [7, 11) is 0. The summed E-state index contributed by atoms with van der Waals surface area (Å²) in [4.78, 5) is 12.9. The van der Waals surface area contributed by atoms with Crippen LogP contribution < -0.4 is 0 Å². The zero-order valence-electron chi connectivity index (χ0n) is 10.7. The second-order valence-electron chi connectivity index (χ2n) is 4.16. The fourth-order valence-corrected chi connectivity index (χ4v) is 2.63. The minimum atomic E-state index is -1.23. The molecule has 2 atom stereocenters. The van der Waals surface area contributed by atoms with Crippen molar-refractivity contribution in [3.05, 3.63) is 58.3 Å². The van der Waals surface area contributed by atoms with Crippen LogP contribution in [0.15, 0.2) is 47.8 Å². The molecular weight excluding hydrogens is 260 g/mol. The summed E-state index contributed by atoms with van der Waals surface area (Å²) in [5.74, 6) is -0.605. The molecule has 4 heteroatoms. The highest BCUT2D eigenvalue weighted by molar-refractivity contribution is 7.10. The van der Waals surface area contributed by atoms with Crippen molar-refractivity contribution in [2.24, 2.45) is 0 Å². The van der Waals surface area contributed by atoms with Crippen molar-refractivity contribution in [3.63, 3.8) is 0 Å². The summed E-state index contributed by atoms with van der Waals surface area (Å²) in [6, 6.07) is 12.7. The van der Waals surface area contributed by atoms with Gasteiger partial charge in [0.05, 0.1) is 0 Å². The molecule has 1 N–H and O–H groups in total. The number of rotatable bonds is 5. The van der Waals surface area contributed by atoms with Gasteiger partial charge in [0, 0.05) is 4.88 Å². The van der Waals surface area contributed by atoms with Crippen LogP contribution in [0.2, 0.25) is 0 Å². The number of hydrogen-bond donors (Lipinski definition) is 1. The molecule has 2 aromatic rings. The van der Waals surface area contributed by atoms with Gasteiger partial charge in [0.2, 0.25) is 0 Å². The standard InChI is InChI=1S/C15H16O3S/c1-2-12(13-9-6-10-19-13)18-15(17)14(16)11-7-4-3-5-8-11/h3-10,12,14,16H,2H2,1H3. The Morgan fingerprint density at radius 2 is 2.00 bits per heavy atom. The molecule has 2 unspecified atom stereocenters. The van der Waals surface area contributed by atoms with E-state index in [-0.39, 0.29) is 6.10 Å². The highest BCUT2D eigenvalue weighted by atomic mass is 32.1. The van der Waals surface area contributed by atoms with Crippen molar-refractivity contribution in [3.8, 4) is 0 Å². The third-order valence-electron chi connectivity index (χ3n) is 2.83. The van der Waals surface area contributed by atoms with Gasteiger partial charge in [0.1, 0.15) is 6.10 Å². The molecule has 2 rings (SSSR count). The molecule has 1 aromatic heterocycles. The Hall–Kier alpha value is -1.65. The monoisotopic (exact) mass is 276 g/mol. The van der Waals surface area contributed by atoms with Gasteiger partial charge in [-0.3, -0.25) is 0 Å². The minimum Gasteiger partial charge on any atom is -0.454 e. The Morgan fingerprint density at radius 3 is 2.58 bits per heavy atom. The number of thiophene rings is 1. The van der Waals surface area contributed by atoms with Gasteiger partial charge in [0.25, 0.3) is 0 Å². The molecule has 0 aliphatic heterocycles. The van der Waals surface area contributed by atoms with Gasteiger partial charge in [-0.1, -0.05) is 43.3 Å². The van der Waals surface area contributed by atoms with E-state index in [1.807, 2.05) is 30.5 Å². The predicted molar refractivity (Wildman–Crippen MR) is 74.8 cm³/mol. The molecule has 0 amide bonds. The van der Waals surface area contributed by atoms with Crippen molar-refractivity contribution in [1.82, 2.24) is 0 Å². The van der Waals surface area contributed by atoms with Gasteiger partial charge in [0.15, 0.2) is 6.10 Å². The Labute approximate surface area is 116 Å². The van der Waals surface area contributed by atoms with Gasteiger partial charge in [-0.15, -0.1) is 11.3 Å². The topological polar surface area (TPSA) is 46.5 Å². The van der Waals surface area contributed by atoms with Crippen LogP contribution in [0.4, 0.5) is 0 Å². The maximum Gasteiger partial charge on any atom is 0.340 e. The van der Waals surface area contributed by atoms with Gasteiger partial charge < -0.3 is 9.84 Å². The lowest BCUT2D eigenvalue weighted by atomic mass is 10.1. The summed E-state index contributed by atoms with van der Waals surface area (Å²) in [5.41, 5.74) is 0.550. The Kier molecular flexibility index (Phi) is 4.71. The van der Waals surface area contributed by atoms with Crippen molar-refractivity contribution >= 4 is 17.3 Å². The lowest BCUT2D eigenvalue weighted by molar-refractivity contribution is -0.160. The molecule has 0 radical (unpaired) electrons. The number of esters is 1. The maximum atomic E-state index is 11.9. The number of hydrogen-bond acceptors (Lipinski definition) is 4.